The van der Waals surface area contributed by atoms with E-state index in [9.17, 15) is 14.4 Å². The van der Waals surface area contributed by atoms with E-state index in [1.165, 1.54) is 0 Å². The lowest BCUT2D eigenvalue weighted by Crippen LogP contribution is -2.31. The molecule has 0 spiro atoms. The molecule has 0 bridgehead atoms. The molecular formula is C7H11NO5. The number of rotatable bonds is 0. The predicted molar refractivity (Wildman–Crippen MR) is 41.5 cm³/mol. The Bertz CT molecular complexity index is 240. The third-order valence-corrected chi connectivity index (χ3v) is 0.767. The molecule has 0 atom stereocenters. The first-order valence-electron chi connectivity index (χ1n) is 3.47. The third-order valence-electron chi connectivity index (χ3n) is 0.767. The van der Waals surface area contributed by atoms with Gasteiger partial charge in [0, 0.05) is 0 Å². The number of hydrogen-bond donors (Lipinski definition) is 1. The van der Waals surface area contributed by atoms with Crippen molar-refractivity contribution in [2.45, 2.75) is 26.4 Å². The van der Waals surface area contributed by atoms with E-state index < -0.39 is 23.6 Å². The Kier molecular flexibility index (Phi) is 3.41. The Balaban J connectivity index is 4.04. The molecule has 0 aliphatic heterocycles. The summed E-state index contributed by atoms with van der Waals surface area (Å²) in [4.78, 5) is 31.3. The van der Waals surface area contributed by atoms with Crippen LogP contribution in [0, 0.1) is 0 Å². The molecule has 0 fully saturated rings. The summed E-state index contributed by atoms with van der Waals surface area (Å²) < 4.78 is 8.48. The summed E-state index contributed by atoms with van der Waals surface area (Å²) >= 11 is 0. The number of ether oxygens (including phenoxy) is 2. The summed E-state index contributed by atoms with van der Waals surface area (Å²) in [7, 11) is 0. The van der Waals surface area contributed by atoms with Gasteiger partial charge >= 0.3 is 18.0 Å². The number of hydrogen-bond acceptors (Lipinski definition) is 5. The highest BCUT2D eigenvalue weighted by Gasteiger charge is 2.22. The molecule has 74 valence electrons. The van der Waals surface area contributed by atoms with Crippen LogP contribution >= 0.6 is 0 Å². The average molecular weight is 189 g/mol. The van der Waals surface area contributed by atoms with Gasteiger partial charge in [-0.3, -0.25) is 4.79 Å². The van der Waals surface area contributed by atoms with Crippen molar-refractivity contribution in [2.24, 2.45) is 5.73 Å². The van der Waals surface area contributed by atoms with Gasteiger partial charge in [0.1, 0.15) is 5.60 Å². The molecule has 0 radical (unpaired) electrons. The van der Waals surface area contributed by atoms with Gasteiger partial charge in [-0.05, 0) is 20.8 Å². The number of carbonyl (C=O) groups excluding carboxylic acids is 3. The highest BCUT2D eigenvalue weighted by Crippen LogP contribution is 2.07. The summed E-state index contributed by atoms with van der Waals surface area (Å²) in [6.45, 7) is 4.76. The van der Waals surface area contributed by atoms with Gasteiger partial charge in [-0.15, -0.1) is 0 Å². The number of primary amides is 1. The van der Waals surface area contributed by atoms with Crippen molar-refractivity contribution in [1.29, 1.82) is 0 Å². The van der Waals surface area contributed by atoms with Crippen LogP contribution < -0.4 is 5.73 Å². The van der Waals surface area contributed by atoms with Crippen LogP contribution in [-0.4, -0.2) is 23.6 Å². The van der Waals surface area contributed by atoms with Crippen molar-refractivity contribution in [3.63, 3.8) is 0 Å². The van der Waals surface area contributed by atoms with E-state index in [-0.39, 0.29) is 0 Å². The molecule has 0 aliphatic carbocycles. The Hall–Kier alpha value is -1.59. The lowest BCUT2D eigenvalue weighted by molar-refractivity contribution is -0.151. The Morgan fingerprint density at radius 2 is 1.62 bits per heavy atom. The highest BCUT2D eigenvalue weighted by atomic mass is 16.7. The summed E-state index contributed by atoms with van der Waals surface area (Å²) in [5, 5.41) is 0. The molecular weight excluding hydrogens is 178 g/mol. The minimum Gasteiger partial charge on any atom is -0.428 e. The maximum atomic E-state index is 10.7. The van der Waals surface area contributed by atoms with Gasteiger partial charge in [-0.2, -0.15) is 0 Å². The van der Waals surface area contributed by atoms with Crippen LogP contribution in [-0.2, 0) is 19.1 Å². The minimum absolute atomic E-state index is 0.783. The van der Waals surface area contributed by atoms with Crippen LogP contribution in [0.5, 0.6) is 0 Å². The standard InChI is InChI=1S/C7H11NO5/c1-7(2,3)13-6(11)12-5(10)4(8)9/h1-3H3,(H2,8,9). The van der Waals surface area contributed by atoms with E-state index in [1.54, 1.807) is 20.8 Å². The predicted octanol–water partition coefficient (Wildman–Crippen LogP) is -0.0500. The topological polar surface area (TPSA) is 95.7 Å². The smallest absolute Gasteiger partial charge is 0.428 e. The molecule has 0 saturated heterocycles. The molecule has 6 nitrogen and oxygen atoms in total. The summed E-state index contributed by atoms with van der Waals surface area (Å²) in [6.07, 6.45) is -1.24. The van der Waals surface area contributed by atoms with Crippen LogP contribution in [0.1, 0.15) is 20.8 Å². The molecule has 0 saturated carbocycles. The maximum Gasteiger partial charge on any atom is 0.517 e. The SMILES string of the molecule is CC(C)(C)OC(=O)OC(=O)C(N)=O. The normalized spacial score (nSPS) is 10.4. The number of carbonyl (C=O) groups is 3. The Morgan fingerprint density at radius 1 is 1.15 bits per heavy atom. The zero-order valence-corrected chi connectivity index (χ0v) is 7.62. The van der Waals surface area contributed by atoms with Crippen molar-refractivity contribution >= 4 is 18.0 Å². The van der Waals surface area contributed by atoms with E-state index in [1.807, 2.05) is 0 Å². The molecule has 0 aromatic rings. The van der Waals surface area contributed by atoms with Crippen molar-refractivity contribution in [2.75, 3.05) is 0 Å². The Morgan fingerprint density at radius 3 is 1.92 bits per heavy atom. The van der Waals surface area contributed by atoms with Gasteiger partial charge in [0.05, 0.1) is 0 Å². The van der Waals surface area contributed by atoms with E-state index in [2.05, 4.69) is 15.2 Å². The van der Waals surface area contributed by atoms with Crippen LogP contribution in [0.3, 0.4) is 0 Å². The largest absolute Gasteiger partial charge is 0.517 e. The molecule has 6 heteroatoms. The van der Waals surface area contributed by atoms with Gasteiger partial charge in [0.2, 0.25) is 0 Å². The maximum absolute atomic E-state index is 10.7. The van der Waals surface area contributed by atoms with Crippen LogP contribution in [0.4, 0.5) is 4.79 Å². The molecule has 13 heavy (non-hydrogen) atoms. The second-order valence-electron chi connectivity index (χ2n) is 3.22. The summed E-state index contributed by atoms with van der Waals surface area (Å²) in [5.41, 5.74) is 3.74. The van der Waals surface area contributed by atoms with Crippen LogP contribution in [0.25, 0.3) is 0 Å². The first-order valence-corrected chi connectivity index (χ1v) is 3.47. The molecule has 0 aliphatic rings. The number of nitrogens with two attached hydrogens (primary N) is 1. The van der Waals surface area contributed by atoms with Gasteiger partial charge in [-0.25, -0.2) is 9.59 Å². The average Bonchev–Trinajstić information content (AvgIpc) is 1.81. The molecule has 1 amide bonds. The minimum atomic E-state index is -1.44. The summed E-state index contributed by atoms with van der Waals surface area (Å²) in [5.74, 6) is -2.78. The molecule has 0 rings (SSSR count). The van der Waals surface area contributed by atoms with Gasteiger partial charge < -0.3 is 15.2 Å². The summed E-state index contributed by atoms with van der Waals surface area (Å²) in [6, 6.07) is 0. The van der Waals surface area contributed by atoms with Gasteiger partial charge in [-0.1, -0.05) is 0 Å². The quantitative estimate of drug-likeness (QED) is 0.327. The third kappa shape index (κ3) is 5.66. The molecule has 0 heterocycles. The lowest BCUT2D eigenvalue weighted by atomic mass is 10.2. The number of esters is 1. The van der Waals surface area contributed by atoms with Crippen molar-refractivity contribution < 1.29 is 23.9 Å². The zero-order valence-electron chi connectivity index (χ0n) is 7.62. The van der Waals surface area contributed by atoms with Crippen molar-refractivity contribution in [1.82, 2.24) is 0 Å². The Labute approximate surface area is 75.0 Å². The highest BCUT2D eigenvalue weighted by molar-refractivity contribution is 6.33. The fourth-order valence-electron chi connectivity index (χ4n) is 0.397. The molecule has 0 unspecified atom stereocenters. The monoisotopic (exact) mass is 189 g/mol. The second kappa shape index (κ2) is 3.88. The first kappa shape index (κ1) is 11.4. The fourth-order valence-corrected chi connectivity index (χ4v) is 0.397. The van der Waals surface area contributed by atoms with Crippen LogP contribution in [0.2, 0.25) is 0 Å². The van der Waals surface area contributed by atoms with E-state index >= 15 is 0 Å². The second-order valence-corrected chi connectivity index (χ2v) is 3.22. The number of amides is 1. The van der Waals surface area contributed by atoms with E-state index in [4.69, 9.17) is 0 Å². The zero-order chi connectivity index (χ0) is 10.6. The first-order chi connectivity index (χ1) is 5.72. The van der Waals surface area contributed by atoms with E-state index in [0.717, 1.165) is 0 Å². The van der Waals surface area contributed by atoms with Gasteiger partial charge in [0.25, 0.3) is 0 Å². The lowest BCUT2D eigenvalue weighted by Gasteiger charge is -2.17. The van der Waals surface area contributed by atoms with Crippen molar-refractivity contribution in [3.05, 3.63) is 0 Å². The molecule has 2 N–H and O–H groups in total. The van der Waals surface area contributed by atoms with E-state index in [0.29, 0.717) is 0 Å². The van der Waals surface area contributed by atoms with Crippen LogP contribution in [0.15, 0.2) is 0 Å². The fraction of sp³-hybridized carbons (Fsp3) is 0.571. The van der Waals surface area contributed by atoms with Crippen molar-refractivity contribution in [3.8, 4) is 0 Å². The molecule has 0 aromatic heterocycles. The molecule has 0 aromatic carbocycles. The van der Waals surface area contributed by atoms with Gasteiger partial charge in [0.15, 0.2) is 0 Å².